The fraction of sp³-hybridized carbons (Fsp3) is 0.444. The zero-order chi connectivity index (χ0) is 19.2. The van der Waals surface area contributed by atoms with E-state index in [4.69, 9.17) is 5.11 Å². The molecule has 3 N–H and O–H groups in total. The van der Waals surface area contributed by atoms with E-state index in [9.17, 15) is 9.59 Å². The predicted molar refractivity (Wildman–Crippen MR) is 102 cm³/mol. The molecule has 140 valence electrons. The van der Waals surface area contributed by atoms with E-state index in [1.807, 2.05) is 18.2 Å². The number of aromatic nitrogens is 2. The first-order chi connectivity index (χ1) is 12.3. The Bertz CT molecular complexity index is 746. The van der Waals surface area contributed by atoms with Crippen molar-refractivity contribution in [3.8, 4) is 0 Å². The van der Waals surface area contributed by atoms with Gasteiger partial charge in [-0.3, -0.25) is 10.1 Å². The monoisotopic (exact) mass is 376 g/mol. The van der Waals surface area contributed by atoms with Gasteiger partial charge >= 0.3 is 12.0 Å². The van der Waals surface area contributed by atoms with Crippen LogP contribution < -0.4 is 10.6 Å². The Balaban J connectivity index is 1.99. The van der Waals surface area contributed by atoms with Gasteiger partial charge in [-0.25, -0.2) is 4.79 Å². The lowest BCUT2D eigenvalue weighted by Crippen LogP contribution is -2.45. The summed E-state index contributed by atoms with van der Waals surface area (Å²) in [4.78, 5) is 22.9. The molecular weight excluding hydrogens is 352 g/mol. The van der Waals surface area contributed by atoms with Crippen LogP contribution in [0.3, 0.4) is 0 Å². The quantitative estimate of drug-likeness (QED) is 0.649. The van der Waals surface area contributed by atoms with Crippen LogP contribution in [0.4, 0.5) is 9.93 Å². The minimum atomic E-state index is -0.888. The number of carbonyl (C=O) groups excluding carboxylic acids is 1. The molecule has 2 rings (SSSR count). The van der Waals surface area contributed by atoms with Gasteiger partial charge in [0.1, 0.15) is 5.01 Å². The number of aliphatic carboxylic acids is 1. The zero-order valence-electron chi connectivity index (χ0n) is 15.2. The van der Waals surface area contributed by atoms with E-state index in [2.05, 4.69) is 39.9 Å². The summed E-state index contributed by atoms with van der Waals surface area (Å²) in [5, 5.41) is 23.8. The molecule has 0 aliphatic carbocycles. The smallest absolute Gasteiger partial charge is 0.321 e. The molecule has 0 radical (unpaired) electrons. The maximum Gasteiger partial charge on any atom is 0.321 e. The van der Waals surface area contributed by atoms with Crippen LogP contribution in [0.5, 0.6) is 0 Å². The van der Waals surface area contributed by atoms with Crippen molar-refractivity contribution < 1.29 is 14.7 Å². The first-order valence-electron chi connectivity index (χ1n) is 8.50. The van der Waals surface area contributed by atoms with Gasteiger partial charge in [0.15, 0.2) is 0 Å². The van der Waals surface area contributed by atoms with Gasteiger partial charge in [-0.15, -0.1) is 10.2 Å². The summed E-state index contributed by atoms with van der Waals surface area (Å²) in [6.07, 6.45) is 1.21. The third kappa shape index (κ3) is 5.80. The maximum absolute atomic E-state index is 12.2. The van der Waals surface area contributed by atoms with Gasteiger partial charge in [-0.1, -0.05) is 48.6 Å². The Morgan fingerprint density at radius 2 is 1.92 bits per heavy atom. The number of carbonyl (C=O) groups is 2. The summed E-state index contributed by atoms with van der Waals surface area (Å²) in [5.41, 5.74) is 0.531. The molecule has 0 bridgehead atoms. The van der Waals surface area contributed by atoms with Crippen molar-refractivity contribution in [2.45, 2.75) is 51.5 Å². The zero-order valence-corrected chi connectivity index (χ0v) is 16.0. The number of anilines is 1. The lowest BCUT2D eigenvalue weighted by Gasteiger charge is -2.25. The highest BCUT2D eigenvalue weighted by molar-refractivity contribution is 7.15. The molecule has 1 unspecified atom stereocenters. The number of carboxylic acid groups (broad SMARTS) is 1. The Morgan fingerprint density at radius 1 is 1.23 bits per heavy atom. The molecule has 0 fully saturated rings. The second-order valence-electron chi connectivity index (χ2n) is 6.67. The molecule has 0 aliphatic rings. The van der Waals surface area contributed by atoms with E-state index in [0.717, 1.165) is 17.0 Å². The average molecular weight is 376 g/mol. The van der Waals surface area contributed by atoms with Crippen LogP contribution in [0.1, 0.15) is 56.5 Å². The van der Waals surface area contributed by atoms with Gasteiger partial charge in [0.25, 0.3) is 0 Å². The van der Waals surface area contributed by atoms with Crippen molar-refractivity contribution in [1.29, 1.82) is 0 Å². The molecule has 1 atom stereocenters. The van der Waals surface area contributed by atoms with Crippen LogP contribution in [0.25, 0.3) is 0 Å². The second kappa shape index (κ2) is 8.75. The van der Waals surface area contributed by atoms with Crippen molar-refractivity contribution in [1.82, 2.24) is 15.5 Å². The van der Waals surface area contributed by atoms with Crippen molar-refractivity contribution >= 4 is 28.5 Å². The normalized spacial score (nSPS) is 12.4. The van der Waals surface area contributed by atoms with E-state index < -0.39 is 17.5 Å². The van der Waals surface area contributed by atoms with Gasteiger partial charge in [0.05, 0.1) is 0 Å². The number of rotatable bonds is 8. The van der Waals surface area contributed by atoms with E-state index in [1.54, 1.807) is 13.8 Å². The van der Waals surface area contributed by atoms with E-state index >= 15 is 0 Å². The summed E-state index contributed by atoms with van der Waals surface area (Å²) in [5.74, 6) is -0.750. The Labute approximate surface area is 156 Å². The highest BCUT2D eigenvalue weighted by Gasteiger charge is 2.23. The summed E-state index contributed by atoms with van der Waals surface area (Å²) < 4.78 is 0. The van der Waals surface area contributed by atoms with Crippen LogP contribution >= 0.6 is 11.3 Å². The minimum absolute atomic E-state index is 0.00844. The van der Waals surface area contributed by atoms with E-state index in [-0.39, 0.29) is 12.3 Å². The van der Waals surface area contributed by atoms with Crippen LogP contribution in [-0.2, 0) is 4.79 Å². The van der Waals surface area contributed by atoms with E-state index in [0.29, 0.717) is 11.6 Å². The number of amides is 2. The summed E-state index contributed by atoms with van der Waals surface area (Å²) in [7, 11) is 0. The van der Waals surface area contributed by atoms with Crippen molar-refractivity contribution in [3.05, 3.63) is 40.9 Å². The van der Waals surface area contributed by atoms with Gasteiger partial charge in [0, 0.05) is 17.9 Å². The molecule has 2 amide bonds. The predicted octanol–water partition coefficient (Wildman–Crippen LogP) is 3.84. The van der Waals surface area contributed by atoms with Crippen molar-refractivity contribution in [2.24, 2.45) is 0 Å². The average Bonchev–Trinajstić information content (AvgIpc) is 3.02. The molecule has 7 nitrogen and oxygen atoms in total. The van der Waals surface area contributed by atoms with Gasteiger partial charge in [-0.05, 0) is 32.3 Å². The largest absolute Gasteiger partial charge is 0.481 e. The molecule has 0 spiro atoms. The molecular formula is C18H24N4O3S. The summed E-state index contributed by atoms with van der Waals surface area (Å²) in [6.45, 7) is 5.65. The van der Waals surface area contributed by atoms with Crippen LogP contribution in [0.2, 0.25) is 0 Å². The number of carboxylic acids is 1. The molecule has 0 saturated carbocycles. The molecule has 1 aromatic carbocycles. The minimum Gasteiger partial charge on any atom is -0.481 e. The van der Waals surface area contributed by atoms with Crippen molar-refractivity contribution in [2.75, 3.05) is 5.32 Å². The number of nitrogens with one attached hydrogen (secondary N) is 2. The third-order valence-corrected chi connectivity index (χ3v) is 4.94. The standard InChI is InChI=1S/C18H24N4O3S/c1-4-13(12-8-6-5-7-9-12)15-21-22-17(26-15)19-16(25)20-18(2,3)11-10-14(23)24/h5-9,13H,4,10-11H2,1-3H3,(H,23,24)(H2,19,20,22,25). The third-order valence-electron chi connectivity index (χ3n) is 3.99. The first-order valence-corrected chi connectivity index (χ1v) is 9.31. The molecule has 1 heterocycles. The molecule has 0 aliphatic heterocycles. The Morgan fingerprint density at radius 3 is 2.54 bits per heavy atom. The van der Waals surface area contributed by atoms with Crippen LogP contribution in [0, 0.1) is 0 Å². The number of hydrogen-bond acceptors (Lipinski definition) is 5. The van der Waals surface area contributed by atoms with E-state index in [1.165, 1.54) is 11.3 Å². The Kier molecular flexibility index (Phi) is 6.68. The number of hydrogen-bond donors (Lipinski definition) is 3. The fourth-order valence-corrected chi connectivity index (χ4v) is 3.53. The summed E-state index contributed by atoms with van der Waals surface area (Å²) in [6, 6.07) is 9.65. The second-order valence-corrected chi connectivity index (χ2v) is 7.68. The van der Waals surface area contributed by atoms with Crippen LogP contribution in [0.15, 0.2) is 30.3 Å². The molecule has 26 heavy (non-hydrogen) atoms. The lowest BCUT2D eigenvalue weighted by atomic mass is 9.97. The van der Waals surface area contributed by atoms with Crippen molar-refractivity contribution in [3.63, 3.8) is 0 Å². The topological polar surface area (TPSA) is 104 Å². The molecule has 0 saturated heterocycles. The number of urea groups is 1. The fourth-order valence-electron chi connectivity index (χ4n) is 2.58. The molecule has 2 aromatic rings. The first kappa shape index (κ1) is 19.8. The SMILES string of the molecule is CCC(c1ccccc1)c1nnc(NC(=O)NC(C)(C)CCC(=O)O)s1. The van der Waals surface area contributed by atoms with Gasteiger partial charge in [-0.2, -0.15) is 0 Å². The summed E-state index contributed by atoms with van der Waals surface area (Å²) >= 11 is 1.34. The number of nitrogens with zero attached hydrogens (tertiary/aromatic N) is 2. The lowest BCUT2D eigenvalue weighted by molar-refractivity contribution is -0.137. The molecule has 1 aromatic heterocycles. The maximum atomic E-state index is 12.2. The Hall–Kier alpha value is -2.48. The highest BCUT2D eigenvalue weighted by atomic mass is 32.1. The molecule has 8 heteroatoms. The van der Waals surface area contributed by atoms with Gasteiger partial charge < -0.3 is 10.4 Å². The van der Waals surface area contributed by atoms with Gasteiger partial charge in [0.2, 0.25) is 5.13 Å². The number of benzene rings is 1. The highest BCUT2D eigenvalue weighted by Crippen LogP contribution is 2.31. The van der Waals surface area contributed by atoms with Crippen LogP contribution in [-0.4, -0.2) is 32.8 Å².